The molecular weight excluding hydrogens is 386 g/mol. The Bertz CT molecular complexity index is 906. The maximum atomic E-state index is 12.4. The molecule has 0 saturated carbocycles. The average Bonchev–Trinajstić information content (AvgIpc) is 2.67. The summed E-state index contributed by atoms with van der Waals surface area (Å²) in [6.45, 7) is 5.44. The highest BCUT2D eigenvalue weighted by Gasteiger charge is 2.16. The van der Waals surface area contributed by atoms with Crippen molar-refractivity contribution in [2.45, 2.75) is 32.8 Å². The van der Waals surface area contributed by atoms with Gasteiger partial charge in [-0.15, -0.1) is 0 Å². The lowest BCUT2D eigenvalue weighted by Crippen LogP contribution is -2.34. The van der Waals surface area contributed by atoms with Gasteiger partial charge in [-0.3, -0.25) is 9.59 Å². The van der Waals surface area contributed by atoms with Crippen molar-refractivity contribution in [3.05, 3.63) is 54.1 Å². The number of benzene rings is 2. The molecule has 0 atom stereocenters. The minimum Gasteiger partial charge on any atom is -0.497 e. The average molecular weight is 413 g/mol. The van der Waals surface area contributed by atoms with Crippen molar-refractivity contribution < 1.29 is 23.9 Å². The Balaban J connectivity index is 1.86. The van der Waals surface area contributed by atoms with Gasteiger partial charge >= 0.3 is 6.09 Å². The van der Waals surface area contributed by atoms with Crippen LogP contribution in [0, 0.1) is 0 Å². The predicted molar refractivity (Wildman–Crippen MR) is 115 cm³/mol. The second kappa shape index (κ2) is 10.3. The van der Waals surface area contributed by atoms with Crippen molar-refractivity contribution in [3.63, 3.8) is 0 Å². The van der Waals surface area contributed by atoms with Crippen molar-refractivity contribution >= 4 is 29.3 Å². The van der Waals surface area contributed by atoms with Crippen molar-refractivity contribution in [1.82, 2.24) is 5.32 Å². The number of rotatable bonds is 7. The van der Waals surface area contributed by atoms with Crippen LogP contribution in [0.25, 0.3) is 0 Å². The lowest BCUT2D eigenvalue weighted by molar-refractivity contribution is -0.116. The Morgan fingerprint density at radius 2 is 1.60 bits per heavy atom. The van der Waals surface area contributed by atoms with Gasteiger partial charge in [-0.2, -0.15) is 0 Å². The summed E-state index contributed by atoms with van der Waals surface area (Å²) >= 11 is 0. The first-order valence-electron chi connectivity index (χ1n) is 9.48. The zero-order chi connectivity index (χ0) is 22.1. The van der Waals surface area contributed by atoms with Crippen LogP contribution in [0.4, 0.5) is 16.2 Å². The third-order valence-corrected chi connectivity index (χ3v) is 3.76. The Labute approximate surface area is 175 Å². The van der Waals surface area contributed by atoms with Crippen LogP contribution in [0.2, 0.25) is 0 Å². The summed E-state index contributed by atoms with van der Waals surface area (Å²) < 4.78 is 10.2. The van der Waals surface area contributed by atoms with Gasteiger partial charge in [0.05, 0.1) is 7.11 Å². The number of carbonyl (C=O) groups is 3. The topological polar surface area (TPSA) is 106 Å². The molecule has 0 fully saturated rings. The zero-order valence-corrected chi connectivity index (χ0v) is 17.6. The predicted octanol–water partition coefficient (Wildman–Crippen LogP) is 3.80. The molecule has 0 radical (unpaired) electrons. The van der Waals surface area contributed by atoms with Gasteiger partial charge in [-0.05, 0) is 57.2 Å². The molecule has 0 bridgehead atoms. The maximum Gasteiger partial charge on any atom is 0.407 e. The zero-order valence-electron chi connectivity index (χ0n) is 17.6. The lowest BCUT2D eigenvalue weighted by Gasteiger charge is -2.19. The van der Waals surface area contributed by atoms with Gasteiger partial charge in [0.2, 0.25) is 5.91 Å². The van der Waals surface area contributed by atoms with E-state index < -0.39 is 11.7 Å². The fourth-order valence-corrected chi connectivity index (χ4v) is 2.46. The van der Waals surface area contributed by atoms with Crippen LogP contribution in [0.15, 0.2) is 48.5 Å². The summed E-state index contributed by atoms with van der Waals surface area (Å²) in [4.78, 5) is 36.1. The number of carbonyl (C=O) groups excluding carboxylic acids is 3. The molecule has 0 saturated heterocycles. The van der Waals surface area contributed by atoms with Crippen LogP contribution in [-0.4, -0.2) is 37.2 Å². The summed E-state index contributed by atoms with van der Waals surface area (Å²) in [7, 11) is 1.53. The third-order valence-electron chi connectivity index (χ3n) is 3.76. The summed E-state index contributed by atoms with van der Waals surface area (Å²) in [6, 6.07) is 13.6. The Morgan fingerprint density at radius 1 is 0.933 bits per heavy atom. The smallest absolute Gasteiger partial charge is 0.407 e. The van der Waals surface area contributed by atoms with Crippen LogP contribution < -0.4 is 20.7 Å². The SMILES string of the molecule is COc1cccc(C(=O)Nc2cccc(NC(=O)CCNC(=O)OC(C)(C)C)c2)c1. The largest absolute Gasteiger partial charge is 0.497 e. The molecule has 2 aromatic rings. The molecule has 0 aromatic heterocycles. The number of methoxy groups -OCH3 is 1. The molecule has 0 aliphatic rings. The molecule has 0 heterocycles. The van der Waals surface area contributed by atoms with Crippen LogP contribution >= 0.6 is 0 Å². The monoisotopic (exact) mass is 413 g/mol. The molecule has 0 spiro atoms. The standard InChI is InChI=1S/C22H27N3O5/c1-22(2,3)30-21(28)23-12-11-19(26)24-16-8-6-9-17(14-16)25-20(27)15-7-5-10-18(13-15)29-4/h5-10,13-14H,11-12H2,1-4H3,(H,23,28)(H,24,26)(H,25,27). The van der Waals surface area contributed by atoms with Gasteiger partial charge < -0.3 is 25.4 Å². The number of ether oxygens (including phenoxy) is 2. The van der Waals surface area contributed by atoms with Crippen molar-refractivity contribution in [1.29, 1.82) is 0 Å². The fourth-order valence-electron chi connectivity index (χ4n) is 2.46. The van der Waals surface area contributed by atoms with Crippen molar-refractivity contribution in [2.75, 3.05) is 24.3 Å². The van der Waals surface area contributed by atoms with E-state index >= 15 is 0 Å². The van der Waals surface area contributed by atoms with Gasteiger partial charge in [0.1, 0.15) is 11.4 Å². The Morgan fingerprint density at radius 3 is 2.27 bits per heavy atom. The molecule has 160 valence electrons. The van der Waals surface area contributed by atoms with E-state index in [1.54, 1.807) is 69.3 Å². The Kier molecular flexibility index (Phi) is 7.80. The van der Waals surface area contributed by atoms with E-state index in [0.717, 1.165) is 0 Å². The van der Waals surface area contributed by atoms with Gasteiger partial charge in [-0.1, -0.05) is 12.1 Å². The van der Waals surface area contributed by atoms with Crippen molar-refractivity contribution in [2.24, 2.45) is 0 Å². The molecule has 2 rings (SSSR count). The number of amides is 3. The summed E-state index contributed by atoms with van der Waals surface area (Å²) in [6.07, 6.45) is -0.489. The minimum absolute atomic E-state index is 0.0830. The number of anilines is 2. The summed E-state index contributed by atoms with van der Waals surface area (Å²) in [5.41, 5.74) is 0.924. The highest BCUT2D eigenvalue weighted by Crippen LogP contribution is 2.18. The Hall–Kier alpha value is -3.55. The number of hydrogen-bond acceptors (Lipinski definition) is 5. The fraction of sp³-hybridized carbons (Fsp3) is 0.318. The molecule has 0 aliphatic carbocycles. The van der Waals surface area contributed by atoms with E-state index in [0.29, 0.717) is 22.7 Å². The molecular formula is C22H27N3O5. The van der Waals surface area contributed by atoms with E-state index in [4.69, 9.17) is 9.47 Å². The van der Waals surface area contributed by atoms with E-state index in [1.165, 1.54) is 7.11 Å². The van der Waals surface area contributed by atoms with Crippen LogP contribution in [0.1, 0.15) is 37.6 Å². The first-order chi connectivity index (χ1) is 14.2. The van der Waals surface area contributed by atoms with E-state index in [9.17, 15) is 14.4 Å². The molecule has 2 aromatic carbocycles. The molecule has 30 heavy (non-hydrogen) atoms. The molecule has 3 amide bonds. The molecule has 0 aliphatic heterocycles. The first kappa shape index (κ1) is 22.7. The van der Waals surface area contributed by atoms with Crippen LogP contribution in [-0.2, 0) is 9.53 Å². The second-order valence-electron chi connectivity index (χ2n) is 7.49. The normalized spacial score (nSPS) is 10.7. The third kappa shape index (κ3) is 7.83. The summed E-state index contributed by atoms with van der Waals surface area (Å²) in [5, 5.41) is 8.05. The molecule has 8 heteroatoms. The summed E-state index contributed by atoms with van der Waals surface area (Å²) in [5.74, 6) is 0.0184. The number of alkyl carbamates (subject to hydrolysis) is 1. The molecule has 8 nitrogen and oxygen atoms in total. The van der Waals surface area contributed by atoms with Gasteiger partial charge in [-0.25, -0.2) is 4.79 Å². The maximum absolute atomic E-state index is 12.4. The van der Waals surface area contributed by atoms with E-state index in [1.807, 2.05) is 0 Å². The highest BCUT2D eigenvalue weighted by molar-refractivity contribution is 6.05. The highest BCUT2D eigenvalue weighted by atomic mass is 16.6. The second-order valence-corrected chi connectivity index (χ2v) is 7.49. The van der Waals surface area contributed by atoms with Gasteiger partial charge in [0.25, 0.3) is 5.91 Å². The number of nitrogens with one attached hydrogen (secondary N) is 3. The first-order valence-corrected chi connectivity index (χ1v) is 9.48. The van der Waals surface area contributed by atoms with E-state index in [2.05, 4.69) is 16.0 Å². The lowest BCUT2D eigenvalue weighted by atomic mass is 10.2. The number of hydrogen-bond donors (Lipinski definition) is 3. The van der Waals surface area contributed by atoms with Crippen molar-refractivity contribution in [3.8, 4) is 5.75 Å². The van der Waals surface area contributed by atoms with Crippen LogP contribution in [0.3, 0.4) is 0 Å². The van der Waals surface area contributed by atoms with Gasteiger partial charge in [0.15, 0.2) is 0 Å². The minimum atomic E-state index is -0.595. The molecule has 0 unspecified atom stereocenters. The van der Waals surface area contributed by atoms with Gasteiger partial charge in [0, 0.05) is 29.9 Å². The van der Waals surface area contributed by atoms with Crippen LogP contribution in [0.5, 0.6) is 5.75 Å². The molecule has 3 N–H and O–H groups in total. The van der Waals surface area contributed by atoms with E-state index in [-0.39, 0.29) is 24.8 Å². The quantitative estimate of drug-likeness (QED) is 0.640.